The van der Waals surface area contributed by atoms with Crippen LogP contribution in [0.2, 0.25) is 5.35 Å². The molecule has 0 spiro atoms. The molecule has 0 aliphatic heterocycles. The van der Waals surface area contributed by atoms with E-state index in [1.165, 1.54) is 0 Å². The van der Waals surface area contributed by atoms with Gasteiger partial charge in [0.25, 0.3) is 5.89 Å². The van der Waals surface area contributed by atoms with Gasteiger partial charge in [0, 0.05) is 5.56 Å². The Morgan fingerprint density at radius 1 is 1.42 bits per heavy atom. The second kappa shape index (κ2) is 2.64. The zero-order valence-electron chi connectivity index (χ0n) is 6.24. The van der Waals surface area contributed by atoms with E-state index in [1.54, 1.807) is 6.26 Å². The number of rotatable bonds is 1. The molecular weight excluding hydrogens is 180 g/mol. The highest BCUT2D eigenvalue weighted by molar-refractivity contribution is 6.27. The molecule has 0 saturated carbocycles. The second-order valence-corrected chi connectivity index (χ2v) is 2.62. The number of halogens is 1. The van der Waals surface area contributed by atoms with Crippen molar-refractivity contribution in [3.05, 3.63) is 23.2 Å². The van der Waals surface area contributed by atoms with Crippen LogP contribution < -0.4 is 0 Å². The summed E-state index contributed by atoms with van der Waals surface area (Å²) in [5.74, 6) is 0.872. The van der Waals surface area contributed by atoms with Crippen molar-refractivity contribution in [2.24, 2.45) is 0 Å². The standard InChI is InChI=1S/C7H5ClN2O2/c1-4-2-3-11-5(4)6-9-10-7(8)12-6/h2-3H,1H3. The molecule has 2 heterocycles. The van der Waals surface area contributed by atoms with E-state index in [0.29, 0.717) is 11.7 Å². The predicted octanol–water partition coefficient (Wildman–Crippen LogP) is 2.29. The average molecular weight is 185 g/mol. The minimum Gasteiger partial charge on any atom is -0.459 e. The van der Waals surface area contributed by atoms with Crippen LogP contribution >= 0.6 is 11.6 Å². The molecular formula is C7H5ClN2O2. The van der Waals surface area contributed by atoms with Crippen molar-refractivity contribution in [1.82, 2.24) is 10.2 Å². The van der Waals surface area contributed by atoms with Gasteiger partial charge in [0.05, 0.1) is 6.26 Å². The largest absolute Gasteiger partial charge is 0.459 e. The average Bonchev–Trinajstić information content (AvgIpc) is 2.58. The molecule has 0 unspecified atom stereocenters. The third-order valence-corrected chi connectivity index (χ3v) is 1.61. The topological polar surface area (TPSA) is 52.1 Å². The van der Waals surface area contributed by atoms with Gasteiger partial charge in [0.2, 0.25) is 0 Å². The van der Waals surface area contributed by atoms with Crippen LogP contribution in [0, 0.1) is 6.92 Å². The lowest BCUT2D eigenvalue weighted by Gasteiger charge is -1.87. The molecule has 4 nitrogen and oxygen atoms in total. The molecule has 0 bridgehead atoms. The van der Waals surface area contributed by atoms with Crippen LogP contribution in [0.5, 0.6) is 0 Å². The Bertz CT molecular complexity index is 394. The van der Waals surface area contributed by atoms with E-state index in [0.717, 1.165) is 5.56 Å². The minimum absolute atomic E-state index is 0.0146. The maximum absolute atomic E-state index is 5.45. The lowest BCUT2D eigenvalue weighted by molar-refractivity contribution is 0.515. The van der Waals surface area contributed by atoms with Gasteiger partial charge >= 0.3 is 5.35 Å². The fourth-order valence-corrected chi connectivity index (χ4v) is 1.000. The van der Waals surface area contributed by atoms with Gasteiger partial charge in [-0.05, 0) is 24.6 Å². The van der Waals surface area contributed by atoms with E-state index in [9.17, 15) is 0 Å². The summed E-state index contributed by atoms with van der Waals surface area (Å²) in [7, 11) is 0. The molecule has 2 aromatic heterocycles. The smallest absolute Gasteiger partial charge is 0.313 e. The molecule has 12 heavy (non-hydrogen) atoms. The number of hydrogen-bond acceptors (Lipinski definition) is 4. The van der Waals surface area contributed by atoms with E-state index >= 15 is 0 Å². The number of aromatic nitrogens is 2. The summed E-state index contributed by atoms with van der Waals surface area (Å²) < 4.78 is 10.1. The normalized spacial score (nSPS) is 10.5. The second-order valence-electron chi connectivity index (χ2n) is 2.29. The molecule has 0 atom stereocenters. The quantitative estimate of drug-likeness (QED) is 0.682. The predicted molar refractivity (Wildman–Crippen MR) is 41.7 cm³/mol. The van der Waals surface area contributed by atoms with Crippen LogP contribution in [0.3, 0.4) is 0 Å². The molecule has 0 N–H and O–H groups in total. The zero-order valence-corrected chi connectivity index (χ0v) is 7.00. The van der Waals surface area contributed by atoms with Crippen molar-refractivity contribution in [3.8, 4) is 11.7 Å². The lowest BCUT2D eigenvalue weighted by Crippen LogP contribution is -1.76. The van der Waals surface area contributed by atoms with Crippen LogP contribution in [0.25, 0.3) is 11.7 Å². The summed E-state index contributed by atoms with van der Waals surface area (Å²) in [6.07, 6.45) is 1.56. The Balaban J connectivity index is 2.50. The van der Waals surface area contributed by atoms with Crippen LogP contribution in [-0.4, -0.2) is 10.2 Å². The first-order chi connectivity index (χ1) is 5.77. The Morgan fingerprint density at radius 3 is 2.75 bits per heavy atom. The van der Waals surface area contributed by atoms with E-state index in [2.05, 4.69) is 10.2 Å². The van der Waals surface area contributed by atoms with Gasteiger partial charge in [-0.3, -0.25) is 0 Å². The van der Waals surface area contributed by atoms with Crippen molar-refractivity contribution in [2.75, 3.05) is 0 Å². The van der Waals surface area contributed by atoms with Crippen molar-refractivity contribution >= 4 is 11.6 Å². The number of hydrogen-bond donors (Lipinski definition) is 0. The molecule has 2 aromatic rings. The van der Waals surface area contributed by atoms with E-state index in [4.69, 9.17) is 20.4 Å². The maximum atomic E-state index is 5.45. The van der Waals surface area contributed by atoms with Gasteiger partial charge in [0.1, 0.15) is 0 Å². The summed E-state index contributed by atoms with van der Waals surface area (Å²) in [6.45, 7) is 1.89. The van der Waals surface area contributed by atoms with Gasteiger partial charge < -0.3 is 8.83 Å². The highest BCUT2D eigenvalue weighted by Gasteiger charge is 2.12. The first-order valence-corrected chi connectivity index (χ1v) is 3.68. The monoisotopic (exact) mass is 184 g/mol. The number of furan rings is 1. The van der Waals surface area contributed by atoms with Gasteiger partial charge in [-0.15, -0.1) is 5.10 Å². The van der Waals surface area contributed by atoms with E-state index in [1.807, 2.05) is 13.0 Å². The Kier molecular flexibility index (Phi) is 1.62. The Labute approximate surface area is 73.2 Å². The van der Waals surface area contributed by atoms with Crippen molar-refractivity contribution in [1.29, 1.82) is 0 Å². The molecule has 62 valence electrons. The number of aryl methyl sites for hydroxylation is 1. The van der Waals surface area contributed by atoms with Crippen molar-refractivity contribution in [3.63, 3.8) is 0 Å². The third kappa shape index (κ3) is 1.10. The third-order valence-electron chi connectivity index (χ3n) is 1.46. The molecule has 0 aliphatic rings. The van der Waals surface area contributed by atoms with E-state index in [-0.39, 0.29) is 5.35 Å². The van der Waals surface area contributed by atoms with Crippen LogP contribution in [0.15, 0.2) is 21.2 Å². The highest BCUT2D eigenvalue weighted by Crippen LogP contribution is 2.23. The zero-order chi connectivity index (χ0) is 8.55. The lowest BCUT2D eigenvalue weighted by atomic mass is 10.3. The molecule has 0 aliphatic carbocycles. The highest BCUT2D eigenvalue weighted by atomic mass is 35.5. The summed E-state index contributed by atoms with van der Waals surface area (Å²) in [6, 6.07) is 1.81. The summed E-state index contributed by atoms with van der Waals surface area (Å²) >= 11 is 5.45. The Hall–Kier alpha value is -1.29. The van der Waals surface area contributed by atoms with Crippen LogP contribution in [-0.2, 0) is 0 Å². The van der Waals surface area contributed by atoms with Gasteiger partial charge in [-0.2, -0.15) is 0 Å². The molecule has 0 saturated heterocycles. The summed E-state index contributed by atoms with van der Waals surface area (Å²) in [5, 5.41) is 7.19. The molecule has 0 fully saturated rings. The SMILES string of the molecule is Cc1ccoc1-c1nnc(Cl)o1. The summed E-state index contributed by atoms with van der Waals surface area (Å²) in [4.78, 5) is 0. The molecule has 2 rings (SSSR count). The fraction of sp³-hybridized carbons (Fsp3) is 0.143. The molecule has 0 radical (unpaired) electrons. The molecule has 5 heteroatoms. The first kappa shape index (κ1) is 7.36. The Morgan fingerprint density at radius 2 is 2.25 bits per heavy atom. The summed E-state index contributed by atoms with van der Waals surface area (Å²) in [5.41, 5.74) is 0.940. The van der Waals surface area contributed by atoms with Crippen LogP contribution in [0.1, 0.15) is 5.56 Å². The number of nitrogens with zero attached hydrogens (tertiary/aromatic N) is 2. The maximum Gasteiger partial charge on any atom is 0.313 e. The van der Waals surface area contributed by atoms with Gasteiger partial charge in [-0.1, -0.05) is 5.10 Å². The van der Waals surface area contributed by atoms with Crippen molar-refractivity contribution < 1.29 is 8.83 Å². The van der Waals surface area contributed by atoms with Crippen LogP contribution in [0.4, 0.5) is 0 Å². The van der Waals surface area contributed by atoms with Crippen molar-refractivity contribution in [2.45, 2.75) is 6.92 Å². The fourth-order valence-electron chi connectivity index (χ4n) is 0.889. The van der Waals surface area contributed by atoms with E-state index < -0.39 is 0 Å². The minimum atomic E-state index is 0.0146. The van der Waals surface area contributed by atoms with Gasteiger partial charge in [0.15, 0.2) is 5.76 Å². The molecule has 0 amide bonds. The van der Waals surface area contributed by atoms with Gasteiger partial charge in [-0.25, -0.2) is 0 Å². The first-order valence-electron chi connectivity index (χ1n) is 3.31. The molecule has 0 aromatic carbocycles.